The first-order valence-electron chi connectivity index (χ1n) is 6.95. The maximum Gasteiger partial charge on any atom is -0.0329 e. The fraction of sp³-hybridized carbons (Fsp3) is 1.00. The molecule has 0 atom stereocenters. The molecule has 0 aliphatic heterocycles. The van der Waals surface area contributed by atoms with E-state index < -0.39 is 0 Å². The monoisotopic (exact) mass is 210 g/mol. The minimum Gasteiger partial charge on any atom is -0.0649 e. The summed E-state index contributed by atoms with van der Waals surface area (Å²) in [4.78, 5) is 0. The topological polar surface area (TPSA) is 0 Å². The molecule has 0 aromatic heterocycles. The van der Waals surface area contributed by atoms with Gasteiger partial charge in [-0.1, -0.05) is 53.9 Å². The standard InChI is InChI=1S/C15H30/c1-6-15(4,5)14-9-7-13(8-10-14)11-12(2)3/h12-14H,6-11H2,1-5H3. The molecule has 1 aliphatic carbocycles. The van der Waals surface area contributed by atoms with Gasteiger partial charge in [0.2, 0.25) is 0 Å². The molecule has 1 aliphatic rings. The van der Waals surface area contributed by atoms with Crippen molar-refractivity contribution in [1.29, 1.82) is 0 Å². The SMILES string of the molecule is CCC(C)(C)C1CCC(CC(C)C)CC1. The van der Waals surface area contributed by atoms with Crippen LogP contribution in [0.3, 0.4) is 0 Å². The highest BCUT2D eigenvalue weighted by atomic mass is 14.4. The largest absolute Gasteiger partial charge is 0.0649 e. The molecule has 0 spiro atoms. The van der Waals surface area contributed by atoms with Crippen LogP contribution in [0.1, 0.15) is 73.1 Å². The van der Waals surface area contributed by atoms with E-state index in [2.05, 4.69) is 34.6 Å². The molecular weight excluding hydrogens is 180 g/mol. The minimum absolute atomic E-state index is 0.586. The summed E-state index contributed by atoms with van der Waals surface area (Å²) in [5.41, 5.74) is 0.586. The molecule has 0 heteroatoms. The lowest BCUT2D eigenvalue weighted by molar-refractivity contribution is 0.121. The molecule has 0 radical (unpaired) electrons. The van der Waals surface area contributed by atoms with Gasteiger partial charge in [-0.3, -0.25) is 0 Å². The molecule has 1 rings (SSSR count). The highest BCUT2D eigenvalue weighted by Gasteiger charge is 2.31. The third kappa shape index (κ3) is 3.81. The first-order chi connectivity index (χ1) is 6.95. The second-order valence-corrected chi connectivity index (χ2v) is 6.69. The van der Waals surface area contributed by atoms with Crippen LogP contribution < -0.4 is 0 Å². The maximum absolute atomic E-state index is 2.46. The van der Waals surface area contributed by atoms with E-state index in [1.807, 2.05) is 0 Å². The van der Waals surface area contributed by atoms with Gasteiger partial charge in [0.1, 0.15) is 0 Å². The van der Waals surface area contributed by atoms with Crippen LogP contribution in [0, 0.1) is 23.2 Å². The van der Waals surface area contributed by atoms with Crippen molar-refractivity contribution in [1.82, 2.24) is 0 Å². The molecule has 15 heavy (non-hydrogen) atoms. The molecule has 1 fully saturated rings. The molecule has 0 saturated heterocycles. The molecule has 0 amide bonds. The summed E-state index contributed by atoms with van der Waals surface area (Å²) in [6, 6.07) is 0. The van der Waals surface area contributed by atoms with E-state index in [-0.39, 0.29) is 0 Å². The van der Waals surface area contributed by atoms with E-state index in [1.54, 1.807) is 0 Å². The lowest BCUT2D eigenvalue weighted by Gasteiger charge is -2.39. The summed E-state index contributed by atoms with van der Waals surface area (Å²) in [7, 11) is 0. The first kappa shape index (κ1) is 13.1. The van der Waals surface area contributed by atoms with Crippen LogP contribution in [0.4, 0.5) is 0 Å². The van der Waals surface area contributed by atoms with Gasteiger partial charge in [0.05, 0.1) is 0 Å². The third-order valence-electron chi connectivity index (χ3n) is 4.67. The van der Waals surface area contributed by atoms with Crippen LogP contribution in [-0.4, -0.2) is 0 Å². The second-order valence-electron chi connectivity index (χ2n) is 6.69. The highest BCUT2D eigenvalue weighted by molar-refractivity contribution is 4.82. The average molecular weight is 210 g/mol. The van der Waals surface area contributed by atoms with E-state index in [0.717, 1.165) is 17.8 Å². The molecule has 0 heterocycles. The molecule has 0 N–H and O–H groups in total. The maximum atomic E-state index is 2.46. The second kappa shape index (κ2) is 5.37. The van der Waals surface area contributed by atoms with E-state index in [9.17, 15) is 0 Å². The van der Waals surface area contributed by atoms with Gasteiger partial charge < -0.3 is 0 Å². The Labute approximate surface area is 96.8 Å². The summed E-state index contributed by atoms with van der Waals surface area (Å²) in [5, 5.41) is 0. The predicted molar refractivity (Wildman–Crippen MR) is 69.0 cm³/mol. The Morgan fingerprint density at radius 2 is 1.60 bits per heavy atom. The first-order valence-corrected chi connectivity index (χ1v) is 6.95. The van der Waals surface area contributed by atoms with Crippen LogP contribution >= 0.6 is 0 Å². The Hall–Kier alpha value is 0. The van der Waals surface area contributed by atoms with Gasteiger partial charge in [-0.05, 0) is 42.4 Å². The molecule has 90 valence electrons. The number of hydrogen-bond donors (Lipinski definition) is 0. The van der Waals surface area contributed by atoms with Crippen molar-refractivity contribution in [3.05, 3.63) is 0 Å². The van der Waals surface area contributed by atoms with Crippen molar-refractivity contribution >= 4 is 0 Å². The zero-order chi connectivity index (χ0) is 11.5. The Bertz CT molecular complexity index is 170. The Morgan fingerprint density at radius 3 is 2.00 bits per heavy atom. The summed E-state index contributed by atoms with van der Waals surface area (Å²) >= 11 is 0. The molecular formula is C15H30. The lowest BCUT2D eigenvalue weighted by atomic mass is 9.67. The molecule has 0 nitrogen and oxygen atoms in total. The van der Waals surface area contributed by atoms with Gasteiger partial charge in [-0.2, -0.15) is 0 Å². The smallest absolute Gasteiger partial charge is 0.0329 e. The van der Waals surface area contributed by atoms with Crippen LogP contribution in [-0.2, 0) is 0 Å². The quantitative estimate of drug-likeness (QED) is 0.592. The molecule has 0 bridgehead atoms. The summed E-state index contributed by atoms with van der Waals surface area (Å²) < 4.78 is 0. The Kier molecular flexibility index (Phi) is 4.67. The van der Waals surface area contributed by atoms with Crippen LogP contribution in [0.5, 0.6) is 0 Å². The van der Waals surface area contributed by atoms with Gasteiger partial charge in [-0.15, -0.1) is 0 Å². The van der Waals surface area contributed by atoms with Gasteiger partial charge >= 0.3 is 0 Å². The van der Waals surface area contributed by atoms with Crippen molar-refractivity contribution in [3.8, 4) is 0 Å². The van der Waals surface area contributed by atoms with E-state index in [0.29, 0.717) is 5.41 Å². The van der Waals surface area contributed by atoms with Crippen LogP contribution in [0.15, 0.2) is 0 Å². The molecule has 1 saturated carbocycles. The molecule has 0 aromatic rings. The van der Waals surface area contributed by atoms with E-state index in [1.165, 1.54) is 38.5 Å². The third-order valence-corrected chi connectivity index (χ3v) is 4.67. The van der Waals surface area contributed by atoms with Crippen LogP contribution in [0.2, 0.25) is 0 Å². The average Bonchev–Trinajstić information content (AvgIpc) is 2.18. The zero-order valence-corrected chi connectivity index (χ0v) is 11.5. The predicted octanol–water partition coefficient (Wildman–Crippen LogP) is 5.28. The fourth-order valence-electron chi connectivity index (χ4n) is 3.13. The zero-order valence-electron chi connectivity index (χ0n) is 11.5. The van der Waals surface area contributed by atoms with Crippen molar-refractivity contribution in [2.24, 2.45) is 23.2 Å². The molecule has 0 aromatic carbocycles. The summed E-state index contributed by atoms with van der Waals surface area (Å²) in [5.74, 6) is 2.92. The highest BCUT2D eigenvalue weighted by Crippen LogP contribution is 2.43. The van der Waals surface area contributed by atoms with Crippen molar-refractivity contribution in [2.75, 3.05) is 0 Å². The fourth-order valence-corrected chi connectivity index (χ4v) is 3.13. The summed E-state index contributed by atoms with van der Waals surface area (Å²) in [6.45, 7) is 12.0. The van der Waals surface area contributed by atoms with Crippen molar-refractivity contribution in [2.45, 2.75) is 73.1 Å². The van der Waals surface area contributed by atoms with E-state index >= 15 is 0 Å². The van der Waals surface area contributed by atoms with Crippen molar-refractivity contribution < 1.29 is 0 Å². The number of rotatable bonds is 4. The molecule has 0 unspecified atom stereocenters. The number of hydrogen-bond acceptors (Lipinski definition) is 0. The summed E-state index contributed by atoms with van der Waals surface area (Å²) in [6.07, 6.45) is 8.75. The lowest BCUT2D eigenvalue weighted by Crippen LogP contribution is -2.28. The van der Waals surface area contributed by atoms with Gasteiger partial charge in [-0.25, -0.2) is 0 Å². The minimum atomic E-state index is 0.586. The Morgan fingerprint density at radius 1 is 1.07 bits per heavy atom. The Balaban J connectivity index is 2.36. The van der Waals surface area contributed by atoms with Gasteiger partial charge in [0.15, 0.2) is 0 Å². The van der Waals surface area contributed by atoms with Crippen LogP contribution in [0.25, 0.3) is 0 Å². The van der Waals surface area contributed by atoms with E-state index in [4.69, 9.17) is 0 Å². The van der Waals surface area contributed by atoms with Gasteiger partial charge in [0, 0.05) is 0 Å². The van der Waals surface area contributed by atoms with Gasteiger partial charge in [0.25, 0.3) is 0 Å². The van der Waals surface area contributed by atoms with Crippen molar-refractivity contribution in [3.63, 3.8) is 0 Å². The normalized spacial score (nSPS) is 28.4.